The molecule has 0 saturated carbocycles. The molecule has 0 aromatic heterocycles. The van der Waals surface area contributed by atoms with Gasteiger partial charge in [0.1, 0.15) is 5.75 Å². The lowest BCUT2D eigenvalue weighted by atomic mass is 9.98. The van der Waals surface area contributed by atoms with Crippen molar-refractivity contribution in [1.82, 2.24) is 4.90 Å². The van der Waals surface area contributed by atoms with Gasteiger partial charge < -0.3 is 20.5 Å². The van der Waals surface area contributed by atoms with Crippen LogP contribution in [-0.4, -0.2) is 55.4 Å². The van der Waals surface area contributed by atoms with Gasteiger partial charge in [-0.3, -0.25) is 4.90 Å². The Hall–Kier alpha value is -1.46. The van der Waals surface area contributed by atoms with Crippen LogP contribution in [0.1, 0.15) is 12.8 Å². The van der Waals surface area contributed by atoms with Crippen molar-refractivity contribution in [2.45, 2.75) is 25.0 Å². The number of aliphatic hydroxyl groups excluding tert-OH is 1. The minimum Gasteiger partial charge on any atom is -0.495 e. The zero-order valence-electron chi connectivity index (χ0n) is 12.0. The van der Waals surface area contributed by atoms with Gasteiger partial charge in [0.2, 0.25) is 0 Å². The molecule has 2 saturated heterocycles. The largest absolute Gasteiger partial charge is 0.495 e. The van der Waals surface area contributed by atoms with Gasteiger partial charge in [0.15, 0.2) is 0 Å². The second-order valence-corrected chi connectivity index (χ2v) is 5.75. The molecule has 110 valence electrons. The van der Waals surface area contributed by atoms with E-state index in [2.05, 4.69) is 15.9 Å². The van der Waals surface area contributed by atoms with Gasteiger partial charge >= 0.3 is 0 Å². The van der Waals surface area contributed by atoms with Gasteiger partial charge in [-0.2, -0.15) is 0 Å². The zero-order valence-corrected chi connectivity index (χ0v) is 12.0. The summed E-state index contributed by atoms with van der Waals surface area (Å²) in [6, 6.07) is 6.62. The Morgan fingerprint density at radius 3 is 2.55 bits per heavy atom. The molecule has 1 aromatic carbocycles. The fourth-order valence-corrected chi connectivity index (χ4v) is 3.17. The summed E-state index contributed by atoms with van der Waals surface area (Å²) >= 11 is 0. The molecule has 3 rings (SSSR count). The molecule has 20 heavy (non-hydrogen) atoms. The molecule has 3 N–H and O–H groups in total. The average molecular weight is 277 g/mol. The Kier molecular flexibility index (Phi) is 3.72. The zero-order chi connectivity index (χ0) is 14.1. The normalized spacial score (nSPS) is 21.8. The summed E-state index contributed by atoms with van der Waals surface area (Å²) in [7, 11) is 1.65. The van der Waals surface area contributed by atoms with E-state index in [1.807, 2.05) is 12.1 Å². The molecule has 0 aliphatic carbocycles. The van der Waals surface area contributed by atoms with Crippen LogP contribution in [0.4, 0.5) is 11.4 Å². The predicted molar refractivity (Wildman–Crippen MR) is 80.2 cm³/mol. The number of nitrogens with zero attached hydrogens (tertiary/aromatic N) is 2. The van der Waals surface area contributed by atoms with Crippen molar-refractivity contribution >= 4 is 11.4 Å². The highest BCUT2D eigenvalue weighted by Gasteiger charge is 2.32. The van der Waals surface area contributed by atoms with Gasteiger partial charge in [0.05, 0.1) is 18.9 Å². The molecule has 0 atom stereocenters. The molecular formula is C15H23N3O2. The van der Waals surface area contributed by atoms with Crippen LogP contribution in [0, 0.1) is 0 Å². The molecule has 0 amide bonds. The molecule has 5 nitrogen and oxygen atoms in total. The van der Waals surface area contributed by atoms with Crippen LogP contribution >= 0.6 is 0 Å². The molecule has 2 fully saturated rings. The fourth-order valence-electron chi connectivity index (χ4n) is 3.17. The summed E-state index contributed by atoms with van der Waals surface area (Å²) in [5.74, 6) is 0.746. The molecular weight excluding hydrogens is 254 g/mol. The quantitative estimate of drug-likeness (QED) is 0.805. The maximum absolute atomic E-state index is 9.38. The number of rotatable bonds is 3. The van der Waals surface area contributed by atoms with E-state index in [4.69, 9.17) is 10.5 Å². The molecule has 0 unspecified atom stereocenters. The van der Waals surface area contributed by atoms with E-state index >= 15 is 0 Å². The number of hydrogen-bond acceptors (Lipinski definition) is 5. The molecule has 2 heterocycles. The number of ether oxygens (including phenoxy) is 1. The molecule has 0 radical (unpaired) electrons. The van der Waals surface area contributed by atoms with Crippen LogP contribution in [-0.2, 0) is 0 Å². The first-order valence-corrected chi connectivity index (χ1v) is 7.28. The van der Waals surface area contributed by atoms with Crippen LogP contribution in [0.25, 0.3) is 0 Å². The first-order chi connectivity index (χ1) is 9.67. The first-order valence-electron chi connectivity index (χ1n) is 7.28. The highest BCUT2D eigenvalue weighted by Crippen LogP contribution is 2.30. The summed E-state index contributed by atoms with van der Waals surface area (Å²) in [4.78, 5) is 4.78. The lowest BCUT2D eigenvalue weighted by Crippen LogP contribution is -2.57. The highest BCUT2D eigenvalue weighted by atomic mass is 16.5. The Balaban J connectivity index is 1.60. The summed E-state index contributed by atoms with van der Waals surface area (Å²) in [6.07, 6.45) is 2.20. The molecule has 1 aromatic rings. The monoisotopic (exact) mass is 277 g/mol. The average Bonchev–Trinajstić information content (AvgIpc) is 2.45. The molecule has 0 bridgehead atoms. The van der Waals surface area contributed by atoms with Crippen molar-refractivity contribution in [1.29, 1.82) is 0 Å². The third-order valence-electron chi connectivity index (χ3n) is 4.45. The van der Waals surface area contributed by atoms with Gasteiger partial charge in [-0.1, -0.05) is 0 Å². The van der Waals surface area contributed by atoms with E-state index in [1.54, 1.807) is 7.11 Å². The number of β-amino-alcohol motifs (C(OH)–C–C–N with tert-alkyl or cyclic N) is 1. The summed E-state index contributed by atoms with van der Waals surface area (Å²) < 4.78 is 5.29. The van der Waals surface area contributed by atoms with E-state index in [0.717, 1.165) is 44.8 Å². The molecule has 2 aliphatic rings. The van der Waals surface area contributed by atoms with Crippen molar-refractivity contribution in [2.24, 2.45) is 0 Å². The second-order valence-electron chi connectivity index (χ2n) is 5.75. The van der Waals surface area contributed by atoms with Crippen molar-refractivity contribution in [3.63, 3.8) is 0 Å². The standard InChI is InChI=1S/C15H23N3O2/c1-20-15-8-12(2-3-14(15)16)17-6-4-11(5-7-17)18-9-13(19)10-18/h2-3,8,11,13,19H,4-7,9-10,16H2,1H3. The van der Waals surface area contributed by atoms with Gasteiger partial charge in [0, 0.05) is 44.0 Å². The number of nitrogens with two attached hydrogens (primary N) is 1. The van der Waals surface area contributed by atoms with E-state index in [0.29, 0.717) is 11.7 Å². The topological polar surface area (TPSA) is 62.0 Å². The van der Waals surface area contributed by atoms with Crippen LogP contribution in [0.5, 0.6) is 5.75 Å². The van der Waals surface area contributed by atoms with E-state index in [-0.39, 0.29) is 6.10 Å². The van der Waals surface area contributed by atoms with E-state index in [9.17, 15) is 5.11 Å². The maximum atomic E-state index is 9.38. The summed E-state index contributed by atoms with van der Waals surface area (Å²) in [5.41, 5.74) is 7.72. The van der Waals surface area contributed by atoms with Crippen LogP contribution in [0.3, 0.4) is 0 Å². The number of piperidine rings is 1. The Bertz CT molecular complexity index is 466. The van der Waals surface area contributed by atoms with Crippen LogP contribution in [0.15, 0.2) is 18.2 Å². The van der Waals surface area contributed by atoms with Crippen molar-refractivity contribution in [3.05, 3.63) is 18.2 Å². The van der Waals surface area contributed by atoms with Gasteiger partial charge in [0.25, 0.3) is 0 Å². The first kappa shape index (κ1) is 13.5. The molecule has 5 heteroatoms. The Morgan fingerprint density at radius 2 is 1.95 bits per heavy atom. The smallest absolute Gasteiger partial charge is 0.143 e. The third-order valence-corrected chi connectivity index (χ3v) is 4.45. The number of aliphatic hydroxyl groups is 1. The summed E-state index contributed by atoms with van der Waals surface area (Å²) in [6.45, 7) is 3.79. The minimum absolute atomic E-state index is 0.102. The summed E-state index contributed by atoms with van der Waals surface area (Å²) in [5, 5.41) is 9.38. The van der Waals surface area contributed by atoms with Gasteiger partial charge in [-0.25, -0.2) is 0 Å². The van der Waals surface area contributed by atoms with E-state index < -0.39 is 0 Å². The number of benzene rings is 1. The number of nitrogen functional groups attached to an aromatic ring is 1. The lowest BCUT2D eigenvalue weighted by Gasteiger charge is -2.45. The van der Waals surface area contributed by atoms with Crippen molar-refractivity contribution in [2.75, 3.05) is 43.9 Å². The second kappa shape index (κ2) is 5.50. The van der Waals surface area contributed by atoms with Crippen LogP contribution < -0.4 is 15.4 Å². The fraction of sp³-hybridized carbons (Fsp3) is 0.600. The lowest BCUT2D eigenvalue weighted by molar-refractivity contribution is -0.0300. The third kappa shape index (κ3) is 2.55. The molecule has 0 spiro atoms. The predicted octanol–water partition coefficient (Wildman–Crippen LogP) is 0.923. The van der Waals surface area contributed by atoms with Crippen molar-refractivity contribution < 1.29 is 9.84 Å². The van der Waals surface area contributed by atoms with Gasteiger partial charge in [-0.05, 0) is 25.0 Å². The van der Waals surface area contributed by atoms with Crippen molar-refractivity contribution in [3.8, 4) is 5.75 Å². The number of methoxy groups -OCH3 is 1. The number of likely N-dealkylation sites (tertiary alicyclic amines) is 1. The van der Waals surface area contributed by atoms with Crippen LogP contribution in [0.2, 0.25) is 0 Å². The minimum atomic E-state index is -0.102. The highest BCUT2D eigenvalue weighted by molar-refractivity contribution is 5.62. The maximum Gasteiger partial charge on any atom is 0.143 e. The SMILES string of the molecule is COc1cc(N2CCC(N3CC(O)C3)CC2)ccc1N. The Morgan fingerprint density at radius 1 is 1.25 bits per heavy atom. The van der Waals surface area contributed by atoms with E-state index in [1.165, 1.54) is 5.69 Å². The molecule has 2 aliphatic heterocycles. The number of hydrogen-bond donors (Lipinski definition) is 2. The van der Waals surface area contributed by atoms with Gasteiger partial charge in [-0.15, -0.1) is 0 Å². The number of anilines is 2. The Labute approximate surface area is 119 Å².